The lowest BCUT2D eigenvalue weighted by Gasteiger charge is -1.91. The Morgan fingerprint density at radius 1 is 1.44 bits per heavy atom. The fraction of sp³-hybridized carbons (Fsp3) is 0.750. The molecule has 9 heavy (non-hydrogen) atoms. The Hall–Kier alpha value is 0.0900. The molecule has 0 N–H and O–H groups in total. The smallest absolute Gasteiger partial charge is 0.00262 e. The van der Waals surface area contributed by atoms with Gasteiger partial charge in [-0.2, -0.15) is 0 Å². The van der Waals surface area contributed by atoms with Gasteiger partial charge in [0.2, 0.25) is 0 Å². The van der Waals surface area contributed by atoms with Crippen molar-refractivity contribution >= 4 is 11.8 Å². The van der Waals surface area contributed by atoms with Crippen LogP contribution in [0.2, 0.25) is 0 Å². The minimum Gasteiger partial charge on any atom is -0.132 e. The van der Waals surface area contributed by atoms with Gasteiger partial charge in [-0.1, -0.05) is 27.4 Å². The normalized spacial score (nSPS) is 7.56. The van der Waals surface area contributed by atoms with E-state index in [-0.39, 0.29) is 0 Å². The van der Waals surface area contributed by atoms with Crippen molar-refractivity contribution in [2.45, 2.75) is 34.1 Å². The number of thioether (sulfide) groups is 1. The van der Waals surface area contributed by atoms with Crippen molar-refractivity contribution in [2.75, 3.05) is 5.75 Å². The lowest BCUT2D eigenvalue weighted by Crippen LogP contribution is -1.70. The van der Waals surface area contributed by atoms with Crippen LogP contribution in [0, 0.1) is 0 Å². The van der Waals surface area contributed by atoms with Gasteiger partial charge >= 0.3 is 0 Å². The Bertz CT molecular complexity index is 57.6. The molecule has 1 heteroatoms. The van der Waals surface area contributed by atoms with Crippen LogP contribution in [0.3, 0.4) is 0 Å². The first-order valence-electron chi connectivity index (χ1n) is 3.55. The molecule has 0 aromatic heterocycles. The number of hydrogen-bond donors (Lipinski definition) is 0. The summed E-state index contributed by atoms with van der Waals surface area (Å²) in [5, 5.41) is 0. The Morgan fingerprint density at radius 3 is 2.00 bits per heavy atom. The fourth-order valence-electron chi connectivity index (χ4n) is 0.276. The Kier molecular flexibility index (Phi) is 14.4. The molecule has 0 atom stereocenters. The van der Waals surface area contributed by atoms with Crippen LogP contribution in [0.15, 0.2) is 11.5 Å². The molecule has 0 spiro atoms. The van der Waals surface area contributed by atoms with Crippen molar-refractivity contribution in [2.24, 2.45) is 0 Å². The van der Waals surface area contributed by atoms with E-state index in [4.69, 9.17) is 0 Å². The molecule has 0 saturated carbocycles. The third kappa shape index (κ3) is 17.9. The maximum Gasteiger partial charge on any atom is -0.00262 e. The molecule has 0 aliphatic rings. The minimum absolute atomic E-state index is 1.22. The molecule has 0 heterocycles. The lowest BCUT2D eigenvalue weighted by molar-refractivity contribution is 1.11. The van der Waals surface area contributed by atoms with Crippen LogP contribution in [-0.2, 0) is 0 Å². The van der Waals surface area contributed by atoms with Gasteiger partial charge in [-0.05, 0) is 24.0 Å². The molecule has 0 nitrogen and oxygen atoms in total. The highest BCUT2D eigenvalue weighted by molar-refractivity contribution is 8.03. The van der Waals surface area contributed by atoms with E-state index in [0.29, 0.717) is 0 Å². The zero-order valence-electron chi connectivity index (χ0n) is 7.03. The van der Waals surface area contributed by atoms with Gasteiger partial charge in [-0.3, -0.25) is 0 Å². The van der Waals surface area contributed by atoms with E-state index < -0.39 is 0 Å². The monoisotopic (exact) mass is 146 g/mol. The van der Waals surface area contributed by atoms with Crippen LogP contribution in [0.5, 0.6) is 0 Å². The van der Waals surface area contributed by atoms with Crippen LogP contribution in [-0.4, -0.2) is 5.75 Å². The first kappa shape index (κ1) is 11.8. The number of rotatable bonds is 3. The van der Waals surface area contributed by atoms with E-state index in [2.05, 4.69) is 13.5 Å². The van der Waals surface area contributed by atoms with Crippen LogP contribution in [0.25, 0.3) is 0 Å². The molecule has 0 rings (SSSR count). The average Bonchev–Trinajstić information content (AvgIpc) is 1.88. The first-order valence-corrected chi connectivity index (χ1v) is 4.54. The van der Waals surface area contributed by atoms with Gasteiger partial charge in [-0.25, -0.2) is 0 Å². The van der Waals surface area contributed by atoms with Crippen LogP contribution in [0.4, 0.5) is 0 Å². The molecule has 0 aliphatic carbocycles. The number of allylic oxidation sites excluding steroid dienone is 1. The fourth-order valence-corrected chi connectivity index (χ4v) is 0.829. The van der Waals surface area contributed by atoms with Gasteiger partial charge in [0.05, 0.1) is 0 Å². The van der Waals surface area contributed by atoms with Gasteiger partial charge in [0.1, 0.15) is 0 Å². The summed E-state index contributed by atoms with van der Waals surface area (Å²) < 4.78 is 0. The molecule has 0 amide bonds. The van der Waals surface area contributed by atoms with Gasteiger partial charge in [0.15, 0.2) is 0 Å². The SMILES string of the molecule is C=C(C)SCCC.CC. The highest BCUT2D eigenvalue weighted by atomic mass is 32.2. The summed E-state index contributed by atoms with van der Waals surface area (Å²) in [5.41, 5.74) is 0. The predicted molar refractivity (Wildman–Crippen MR) is 48.9 cm³/mol. The van der Waals surface area contributed by atoms with Crippen molar-refractivity contribution in [1.29, 1.82) is 0 Å². The van der Waals surface area contributed by atoms with Crippen LogP contribution in [0.1, 0.15) is 34.1 Å². The van der Waals surface area contributed by atoms with Gasteiger partial charge < -0.3 is 0 Å². The zero-order chi connectivity index (χ0) is 7.70. The molecule has 0 saturated heterocycles. The highest BCUT2D eigenvalue weighted by Crippen LogP contribution is 2.11. The van der Waals surface area contributed by atoms with E-state index in [9.17, 15) is 0 Å². The van der Waals surface area contributed by atoms with Crippen molar-refractivity contribution in [3.8, 4) is 0 Å². The first-order chi connectivity index (χ1) is 4.27. The average molecular weight is 146 g/mol. The molecule has 0 aliphatic heterocycles. The summed E-state index contributed by atoms with van der Waals surface area (Å²) in [4.78, 5) is 1.22. The Balaban J connectivity index is 0. The summed E-state index contributed by atoms with van der Waals surface area (Å²) in [6.45, 7) is 12.0. The summed E-state index contributed by atoms with van der Waals surface area (Å²) in [6.07, 6.45) is 1.25. The second-order valence-electron chi connectivity index (χ2n) is 1.55. The maximum absolute atomic E-state index is 3.76. The third-order valence-corrected chi connectivity index (χ3v) is 1.66. The van der Waals surface area contributed by atoms with Crippen molar-refractivity contribution in [3.63, 3.8) is 0 Å². The quantitative estimate of drug-likeness (QED) is 0.585. The summed E-state index contributed by atoms with van der Waals surface area (Å²) in [7, 11) is 0. The summed E-state index contributed by atoms with van der Waals surface area (Å²) in [6, 6.07) is 0. The molecule has 0 radical (unpaired) electrons. The molecular weight excluding hydrogens is 128 g/mol. The second kappa shape index (κ2) is 11.0. The van der Waals surface area contributed by atoms with E-state index >= 15 is 0 Å². The van der Waals surface area contributed by atoms with Crippen molar-refractivity contribution in [3.05, 3.63) is 11.5 Å². The van der Waals surface area contributed by atoms with Crippen molar-refractivity contribution in [1.82, 2.24) is 0 Å². The van der Waals surface area contributed by atoms with Gasteiger partial charge in [0.25, 0.3) is 0 Å². The highest BCUT2D eigenvalue weighted by Gasteiger charge is 1.81. The molecule has 0 aromatic rings. The Labute approximate surface area is 63.7 Å². The van der Waals surface area contributed by atoms with Crippen molar-refractivity contribution < 1.29 is 0 Å². The van der Waals surface area contributed by atoms with E-state index in [1.807, 2.05) is 32.5 Å². The molecule has 0 aromatic carbocycles. The van der Waals surface area contributed by atoms with E-state index in [1.165, 1.54) is 17.1 Å². The lowest BCUT2D eigenvalue weighted by atomic mass is 10.6. The van der Waals surface area contributed by atoms with Crippen LogP contribution >= 0.6 is 11.8 Å². The summed E-state index contributed by atoms with van der Waals surface area (Å²) in [5.74, 6) is 1.22. The zero-order valence-corrected chi connectivity index (χ0v) is 7.85. The molecule has 56 valence electrons. The molecule has 0 unspecified atom stereocenters. The third-order valence-electron chi connectivity index (χ3n) is 0.553. The van der Waals surface area contributed by atoms with Crippen LogP contribution < -0.4 is 0 Å². The maximum atomic E-state index is 3.76. The topological polar surface area (TPSA) is 0 Å². The van der Waals surface area contributed by atoms with Gasteiger partial charge in [0, 0.05) is 0 Å². The largest absolute Gasteiger partial charge is 0.132 e. The second-order valence-corrected chi connectivity index (χ2v) is 2.94. The standard InChI is InChI=1S/C6H12S.C2H6/c1-4-5-7-6(2)3;1-2/h2,4-5H2,1,3H3;1-2H3. The molecule has 0 fully saturated rings. The number of hydrogen-bond acceptors (Lipinski definition) is 1. The van der Waals surface area contributed by atoms with E-state index in [0.717, 1.165) is 0 Å². The molecular formula is C8H18S. The molecule has 0 bridgehead atoms. The minimum atomic E-state index is 1.22. The van der Waals surface area contributed by atoms with Gasteiger partial charge in [-0.15, -0.1) is 11.8 Å². The Morgan fingerprint density at radius 2 is 1.89 bits per heavy atom. The van der Waals surface area contributed by atoms with E-state index in [1.54, 1.807) is 0 Å². The predicted octanol–water partition coefficient (Wildman–Crippen LogP) is 3.69. The summed E-state index contributed by atoms with van der Waals surface area (Å²) >= 11 is 1.84.